The largest absolute Gasteiger partial charge is 0.300 e. The number of hydrogen-bond acceptors (Lipinski definition) is 4. The Labute approximate surface area is 72.6 Å². The summed E-state index contributed by atoms with van der Waals surface area (Å²) in [6, 6.07) is 0.109. The van der Waals surface area contributed by atoms with Crippen LogP contribution in [0.15, 0.2) is 10.3 Å². The van der Waals surface area contributed by atoms with Crippen molar-refractivity contribution in [3.8, 4) is 0 Å². The molecule has 0 aromatic heterocycles. The maximum absolute atomic E-state index is 11.0. The molecule has 0 aliphatic carbocycles. The zero-order valence-electron chi connectivity index (χ0n) is 7.66. The lowest BCUT2D eigenvalue weighted by Gasteiger charge is -2.09. The van der Waals surface area contributed by atoms with E-state index in [1.807, 2.05) is 18.9 Å². The molecule has 0 N–H and O–H groups in total. The van der Waals surface area contributed by atoms with Crippen LogP contribution < -0.4 is 0 Å². The first-order valence-corrected chi connectivity index (χ1v) is 4.43. The fraction of sp³-hybridized carbons (Fsp3) is 0.875. The lowest BCUT2D eigenvalue weighted by molar-refractivity contribution is -0.119. The molecule has 1 rings (SSSR count). The van der Waals surface area contributed by atoms with Gasteiger partial charge in [0.1, 0.15) is 5.78 Å². The van der Waals surface area contributed by atoms with Gasteiger partial charge >= 0.3 is 0 Å². The molecular formula is C8H15N3O. The molecule has 4 heteroatoms. The van der Waals surface area contributed by atoms with Gasteiger partial charge in [-0.05, 0) is 6.92 Å². The van der Waals surface area contributed by atoms with Crippen molar-refractivity contribution in [1.29, 1.82) is 0 Å². The summed E-state index contributed by atoms with van der Waals surface area (Å²) in [4.78, 5) is 11.0. The van der Waals surface area contributed by atoms with Crippen molar-refractivity contribution in [3.63, 3.8) is 0 Å². The third-order valence-corrected chi connectivity index (χ3v) is 1.99. The lowest BCUT2D eigenvalue weighted by atomic mass is 10.1. The Kier molecular flexibility index (Phi) is 3.19. The minimum atomic E-state index is 0.109. The van der Waals surface area contributed by atoms with Gasteiger partial charge in [-0.25, -0.2) is 0 Å². The number of carbonyl (C=O) groups excluding carboxylic acids is 1. The number of ketones is 1. The molecule has 0 saturated carbocycles. The Balaban J connectivity index is 2.29. The van der Waals surface area contributed by atoms with Crippen LogP contribution in [-0.2, 0) is 4.79 Å². The molecule has 1 aliphatic rings. The zero-order valence-corrected chi connectivity index (χ0v) is 7.66. The second kappa shape index (κ2) is 4.18. The average molecular weight is 169 g/mol. The quantitative estimate of drug-likeness (QED) is 0.639. The van der Waals surface area contributed by atoms with Gasteiger partial charge in [0.25, 0.3) is 0 Å². The summed E-state index contributed by atoms with van der Waals surface area (Å²) >= 11 is 0. The van der Waals surface area contributed by atoms with Gasteiger partial charge in [-0.1, -0.05) is 12.1 Å². The number of likely N-dealkylation sites (N-methyl/N-ethyl adjacent to an activating group) is 1. The van der Waals surface area contributed by atoms with E-state index in [1.165, 1.54) is 0 Å². The summed E-state index contributed by atoms with van der Waals surface area (Å²) in [7, 11) is 0. The van der Waals surface area contributed by atoms with E-state index >= 15 is 0 Å². The highest BCUT2D eigenvalue weighted by molar-refractivity contribution is 5.78. The highest BCUT2D eigenvalue weighted by Gasteiger charge is 2.19. The van der Waals surface area contributed by atoms with Gasteiger partial charge in [0.2, 0.25) is 0 Å². The van der Waals surface area contributed by atoms with Crippen molar-refractivity contribution >= 4 is 5.78 Å². The third-order valence-electron chi connectivity index (χ3n) is 1.99. The molecule has 0 aromatic carbocycles. The van der Waals surface area contributed by atoms with Gasteiger partial charge in [-0.3, -0.25) is 9.80 Å². The molecule has 0 bridgehead atoms. The summed E-state index contributed by atoms with van der Waals surface area (Å²) in [6.45, 7) is 5.59. The maximum Gasteiger partial charge on any atom is 0.134 e. The molecule has 0 radical (unpaired) electrons. The van der Waals surface area contributed by atoms with Gasteiger partial charge in [0.15, 0.2) is 0 Å². The normalized spacial score (nSPS) is 21.8. The molecule has 0 fully saturated rings. The van der Waals surface area contributed by atoms with Crippen molar-refractivity contribution < 1.29 is 4.79 Å². The van der Waals surface area contributed by atoms with E-state index in [1.54, 1.807) is 0 Å². The monoisotopic (exact) mass is 169 g/mol. The van der Waals surface area contributed by atoms with Crippen LogP contribution in [0.25, 0.3) is 0 Å². The van der Waals surface area contributed by atoms with E-state index in [0.717, 1.165) is 13.1 Å². The first-order valence-electron chi connectivity index (χ1n) is 4.43. The Morgan fingerprint density at radius 1 is 1.58 bits per heavy atom. The van der Waals surface area contributed by atoms with Crippen molar-refractivity contribution in [2.75, 3.05) is 13.1 Å². The standard InChI is InChI=1S/C8H15N3O/c1-3-8(12)5-7-6-11(4-2)10-9-7/h7H,3-6H2,1-2H3. The topological polar surface area (TPSA) is 45.0 Å². The summed E-state index contributed by atoms with van der Waals surface area (Å²) in [6.07, 6.45) is 1.16. The minimum Gasteiger partial charge on any atom is -0.300 e. The van der Waals surface area contributed by atoms with E-state index in [-0.39, 0.29) is 11.8 Å². The zero-order chi connectivity index (χ0) is 8.97. The number of hydrogen-bond donors (Lipinski definition) is 0. The molecule has 0 spiro atoms. The number of rotatable bonds is 4. The number of nitrogens with zero attached hydrogens (tertiary/aromatic N) is 3. The van der Waals surface area contributed by atoms with Crippen LogP contribution in [0.4, 0.5) is 0 Å². The highest BCUT2D eigenvalue weighted by atomic mass is 16.1. The van der Waals surface area contributed by atoms with Crippen LogP contribution in [0.1, 0.15) is 26.7 Å². The number of carbonyl (C=O) groups is 1. The fourth-order valence-electron chi connectivity index (χ4n) is 1.17. The summed E-state index contributed by atoms with van der Waals surface area (Å²) in [5, 5.41) is 9.82. The molecule has 1 unspecified atom stereocenters. The van der Waals surface area contributed by atoms with E-state index in [2.05, 4.69) is 10.3 Å². The van der Waals surface area contributed by atoms with Crippen LogP contribution in [0.5, 0.6) is 0 Å². The van der Waals surface area contributed by atoms with Crippen LogP contribution in [-0.4, -0.2) is 29.9 Å². The Bertz CT molecular complexity index is 191. The van der Waals surface area contributed by atoms with Crippen molar-refractivity contribution in [1.82, 2.24) is 5.01 Å². The van der Waals surface area contributed by atoms with Gasteiger partial charge in [0.05, 0.1) is 12.6 Å². The highest BCUT2D eigenvalue weighted by Crippen LogP contribution is 2.12. The smallest absolute Gasteiger partial charge is 0.134 e. The van der Waals surface area contributed by atoms with Crippen LogP contribution >= 0.6 is 0 Å². The number of Topliss-reactive ketones (excluding diaryl/α,β-unsaturated/α-hetero) is 1. The predicted octanol–water partition coefficient (Wildman–Crippen LogP) is 1.43. The molecule has 68 valence electrons. The van der Waals surface area contributed by atoms with E-state index in [4.69, 9.17) is 0 Å². The summed E-state index contributed by atoms with van der Waals surface area (Å²) in [5.41, 5.74) is 0. The van der Waals surface area contributed by atoms with Gasteiger partial charge in [-0.15, -0.1) is 0 Å². The average Bonchev–Trinajstić information content (AvgIpc) is 2.52. The van der Waals surface area contributed by atoms with Crippen molar-refractivity contribution in [2.45, 2.75) is 32.7 Å². The van der Waals surface area contributed by atoms with E-state index in [9.17, 15) is 4.79 Å². The molecule has 1 aliphatic heterocycles. The van der Waals surface area contributed by atoms with Gasteiger partial charge in [-0.2, -0.15) is 5.11 Å². The van der Waals surface area contributed by atoms with Crippen LogP contribution in [0, 0.1) is 0 Å². The molecular weight excluding hydrogens is 154 g/mol. The van der Waals surface area contributed by atoms with Crippen molar-refractivity contribution in [2.24, 2.45) is 10.3 Å². The van der Waals surface area contributed by atoms with Crippen molar-refractivity contribution in [3.05, 3.63) is 0 Å². The molecule has 0 saturated heterocycles. The molecule has 1 heterocycles. The molecule has 0 amide bonds. The Morgan fingerprint density at radius 2 is 2.33 bits per heavy atom. The second-order valence-electron chi connectivity index (χ2n) is 2.96. The van der Waals surface area contributed by atoms with Crippen LogP contribution in [0.2, 0.25) is 0 Å². The fourth-order valence-corrected chi connectivity index (χ4v) is 1.17. The van der Waals surface area contributed by atoms with Crippen LogP contribution in [0.3, 0.4) is 0 Å². The first-order chi connectivity index (χ1) is 5.76. The third kappa shape index (κ3) is 2.29. The second-order valence-corrected chi connectivity index (χ2v) is 2.96. The van der Waals surface area contributed by atoms with Gasteiger partial charge < -0.3 is 0 Å². The molecule has 4 nitrogen and oxygen atoms in total. The summed E-state index contributed by atoms with van der Waals surface area (Å²) < 4.78 is 0. The Morgan fingerprint density at radius 3 is 2.83 bits per heavy atom. The Hall–Kier alpha value is -0.930. The van der Waals surface area contributed by atoms with Gasteiger partial charge in [0, 0.05) is 19.4 Å². The first kappa shape index (κ1) is 9.16. The summed E-state index contributed by atoms with van der Waals surface area (Å²) in [5.74, 6) is 0.275. The van der Waals surface area contributed by atoms with E-state index < -0.39 is 0 Å². The SMILES string of the molecule is CCC(=O)CC1CN(CC)N=N1. The molecule has 1 atom stereocenters. The minimum absolute atomic E-state index is 0.109. The molecule has 0 aromatic rings. The maximum atomic E-state index is 11.0. The predicted molar refractivity (Wildman–Crippen MR) is 45.8 cm³/mol. The molecule has 12 heavy (non-hydrogen) atoms. The lowest BCUT2D eigenvalue weighted by Crippen LogP contribution is -2.22. The van der Waals surface area contributed by atoms with E-state index in [0.29, 0.717) is 12.8 Å².